The highest BCUT2D eigenvalue weighted by Gasteiger charge is 2.21. The van der Waals surface area contributed by atoms with Crippen molar-refractivity contribution in [2.75, 3.05) is 0 Å². The zero-order valence-corrected chi connectivity index (χ0v) is 11.3. The lowest BCUT2D eigenvalue weighted by Crippen LogP contribution is -2.34. The first kappa shape index (κ1) is 13.8. The average molecular weight is 281 g/mol. The minimum atomic E-state index is -0.619. The van der Waals surface area contributed by atoms with E-state index in [0.717, 1.165) is 25.7 Å². The minimum Gasteiger partial charge on any atom is -0.366 e. The van der Waals surface area contributed by atoms with Gasteiger partial charge in [0.1, 0.15) is 16.5 Å². The lowest BCUT2D eigenvalue weighted by atomic mass is 9.88. The smallest absolute Gasteiger partial charge is 0.248 e. The number of halogens is 1. The van der Waals surface area contributed by atoms with Crippen molar-refractivity contribution in [1.29, 1.82) is 10.8 Å². The van der Waals surface area contributed by atoms with Crippen LogP contribution in [0.3, 0.4) is 0 Å². The first-order valence-electron chi connectivity index (χ1n) is 6.36. The van der Waals surface area contributed by atoms with Gasteiger partial charge in [0.05, 0.1) is 0 Å². The summed E-state index contributed by atoms with van der Waals surface area (Å²) < 4.78 is 1.38. The number of carbonyl (C=O) groups excluding carboxylic acids is 1. The molecule has 0 radical (unpaired) electrons. The van der Waals surface area contributed by atoms with Crippen LogP contribution in [-0.2, 0) is 0 Å². The van der Waals surface area contributed by atoms with E-state index in [1.54, 1.807) is 0 Å². The quantitative estimate of drug-likeness (QED) is 0.432. The number of primary amides is 1. The fourth-order valence-corrected chi connectivity index (χ4v) is 2.81. The molecule has 0 unspecified atom stereocenters. The molecule has 19 heavy (non-hydrogen) atoms. The SMILES string of the molecule is N=C(C1CCCCC1)n1c(Cl)cc(C(N)=O)cc1=N. The molecule has 0 saturated heterocycles. The summed E-state index contributed by atoms with van der Waals surface area (Å²) in [7, 11) is 0. The van der Waals surface area contributed by atoms with Crippen LogP contribution in [0.2, 0.25) is 5.15 Å². The van der Waals surface area contributed by atoms with Crippen molar-refractivity contribution >= 4 is 23.3 Å². The number of nitrogens with two attached hydrogens (primary N) is 1. The van der Waals surface area contributed by atoms with Gasteiger partial charge in [-0.05, 0) is 25.0 Å². The molecule has 2 rings (SSSR count). The number of carbonyl (C=O) groups is 1. The number of hydrogen-bond donors (Lipinski definition) is 3. The Morgan fingerprint density at radius 1 is 1.32 bits per heavy atom. The molecular weight excluding hydrogens is 264 g/mol. The highest BCUT2D eigenvalue weighted by Crippen LogP contribution is 2.25. The van der Waals surface area contributed by atoms with Crippen LogP contribution in [0.25, 0.3) is 0 Å². The standard InChI is InChI=1S/C13H17ClN4O/c14-10-6-9(13(17)19)7-11(15)18(10)12(16)8-4-2-1-3-5-8/h6-8,15-16H,1-5H2,(H2,17,19). The predicted octanol–water partition coefficient (Wildman–Crippen LogP) is 2.13. The Morgan fingerprint density at radius 2 is 1.95 bits per heavy atom. The van der Waals surface area contributed by atoms with E-state index in [1.807, 2.05) is 0 Å². The number of aromatic nitrogens is 1. The highest BCUT2D eigenvalue weighted by molar-refractivity contribution is 6.31. The van der Waals surface area contributed by atoms with Gasteiger partial charge in [-0.15, -0.1) is 0 Å². The topological polar surface area (TPSA) is 95.7 Å². The number of nitrogens with zero attached hydrogens (tertiary/aromatic N) is 1. The third-order valence-electron chi connectivity index (χ3n) is 3.54. The molecule has 5 nitrogen and oxygen atoms in total. The summed E-state index contributed by atoms with van der Waals surface area (Å²) in [6.07, 6.45) is 5.34. The first-order chi connectivity index (χ1) is 9.00. The molecule has 6 heteroatoms. The second-order valence-corrected chi connectivity index (χ2v) is 5.26. The maximum absolute atomic E-state index is 11.1. The van der Waals surface area contributed by atoms with Gasteiger partial charge in [0, 0.05) is 11.5 Å². The lowest BCUT2D eigenvalue weighted by molar-refractivity contribution is 0.1000. The monoisotopic (exact) mass is 280 g/mol. The average Bonchev–Trinajstić information content (AvgIpc) is 2.38. The van der Waals surface area contributed by atoms with Gasteiger partial charge >= 0.3 is 0 Å². The Labute approximate surface area is 116 Å². The lowest BCUT2D eigenvalue weighted by Gasteiger charge is -2.24. The number of nitrogens with one attached hydrogen (secondary N) is 2. The van der Waals surface area contributed by atoms with Crippen molar-refractivity contribution in [2.24, 2.45) is 11.7 Å². The van der Waals surface area contributed by atoms with Gasteiger partial charge in [0.15, 0.2) is 0 Å². The van der Waals surface area contributed by atoms with E-state index >= 15 is 0 Å². The van der Waals surface area contributed by atoms with E-state index in [0.29, 0.717) is 5.84 Å². The molecular formula is C13H17ClN4O. The fourth-order valence-electron chi connectivity index (χ4n) is 2.51. The van der Waals surface area contributed by atoms with Crippen molar-refractivity contribution in [3.8, 4) is 0 Å². The van der Waals surface area contributed by atoms with Gasteiger partial charge in [0.25, 0.3) is 0 Å². The van der Waals surface area contributed by atoms with Crippen LogP contribution in [0.15, 0.2) is 12.1 Å². The van der Waals surface area contributed by atoms with E-state index < -0.39 is 5.91 Å². The van der Waals surface area contributed by atoms with Crippen molar-refractivity contribution < 1.29 is 4.79 Å². The van der Waals surface area contributed by atoms with Gasteiger partial charge in [0.2, 0.25) is 5.91 Å². The number of rotatable bonds is 2. The second kappa shape index (κ2) is 5.57. The van der Waals surface area contributed by atoms with E-state index in [2.05, 4.69) is 0 Å². The highest BCUT2D eigenvalue weighted by atomic mass is 35.5. The van der Waals surface area contributed by atoms with Gasteiger partial charge in [-0.2, -0.15) is 0 Å². The minimum absolute atomic E-state index is 0.0249. The van der Waals surface area contributed by atoms with Crippen molar-refractivity contribution in [2.45, 2.75) is 32.1 Å². The normalized spacial score (nSPS) is 16.3. The molecule has 1 aromatic rings. The van der Waals surface area contributed by atoms with Crippen LogP contribution >= 0.6 is 11.6 Å². The summed E-state index contributed by atoms with van der Waals surface area (Å²) in [5.41, 5.74) is 5.40. The number of amides is 1. The molecule has 1 aliphatic carbocycles. The van der Waals surface area contributed by atoms with Gasteiger partial charge < -0.3 is 5.73 Å². The van der Waals surface area contributed by atoms with Crippen LogP contribution in [0.1, 0.15) is 42.5 Å². The largest absolute Gasteiger partial charge is 0.366 e. The Bertz CT molecular complexity index is 572. The van der Waals surface area contributed by atoms with Crippen molar-refractivity contribution in [3.05, 3.63) is 28.3 Å². The molecule has 4 N–H and O–H groups in total. The Hall–Kier alpha value is -1.62. The van der Waals surface area contributed by atoms with Crippen molar-refractivity contribution in [1.82, 2.24) is 4.57 Å². The Morgan fingerprint density at radius 3 is 2.47 bits per heavy atom. The van der Waals surface area contributed by atoms with Gasteiger partial charge in [-0.25, -0.2) is 0 Å². The summed E-state index contributed by atoms with van der Waals surface area (Å²) in [4.78, 5) is 11.1. The molecule has 0 aliphatic heterocycles. The summed E-state index contributed by atoms with van der Waals surface area (Å²) in [5, 5.41) is 16.3. The van der Waals surface area contributed by atoms with Crippen LogP contribution < -0.4 is 11.2 Å². The molecule has 1 saturated carbocycles. The van der Waals surface area contributed by atoms with Crippen LogP contribution in [0.5, 0.6) is 0 Å². The zero-order valence-electron chi connectivity index (χ0n) is 10.6. The van der Waals surface area contributed by atoms with E-state index in [-0.39, 0.29) is 22.1 Å². The molecule has 0 spiro atoms. The molecule has 1 amide bonds. The molecule has 1 aliphatic rings. The van der Waals surface area contributed by atoms with Crippen molar-refractivity contribution in [3.63, 3.8) is 0 Å². The zero-order chi connectivity index (χ0) is 14.0. The molecule has 1 heterocycles. The molecule has 0 atom stereocenters. The van der Waals surface area contributed by atoms with E-state index in [9.17, 15) is 4.79 Å². The van der Waals surface area contributed by atoms with Crippen LogP contribution in [0, 0.1) is 16.7 Å². The fraction of sp³-hybridized carbons (Fsp3) is 0.462. The number of hydrogen-bond acceptors (Lipinski definition) is 3. The van der Waals surface area contributed by atoms with E-state index in [4.69, 9.17) is 28.2 Å². The van der Waals surface area contributed by atoms with Crippen LogP contribution in [-0.4, -0.2) is 16.3 Å². The van der Waals surface area contributed by atoms with Crippen LogP contribution in [0.4, 0.5) is 0 Å². The summed E-state index contributed by atoms with van der Waals surface area (Å²) >= 11 is 6.09. The third kappa shape index (κ3) is 2.87. The van der Waals surface area contributed by atoms with Gasteiger partial charge in [-0.1, -0.05) is 30.9 Å². The van der Waals surface area contributed by atoms with E-state index in [1.165, 1.54) is 23.1 Å². The maximum Gasteiger partial charge on any atom is 0.248 e. The summed E-state index contributed by atoms with van der Waals surface area (Å²) in [6, 6.07) is 2.77. The van der Waals surface area contributed by atoms with Gasteiger partial charge in [-0.3, -0.25) is 20.2 Å². The molecule has 1 aromatic heterocycles. The summed E-state index contributed by atoms with van der Waals surface area (Å²) in [5.74, 6) is -0.141. The second-order valence-electron chi connectivity index (χ2n) is 4.87. The Kier molecular flexibility index (Phi) is 4.04. The predicted molar refractivity (Wildman–Crippen MR) is 73.5 cm³/mol. The summed E-state index contributed by atoms with van der Waals surface area (Å²) in [6.45, 7) is 0. The first-order valence-corrected chi connectivity index (χ1v) is 6.74. The maximum atomic E-state index is 11.1. The molecule has 0 bridgehead atoms. The Balaban J connectivity index is 2.37. The third-order valence-corrected chi connectivity index (χ3v) is 3.82. The molecule has 1 fully saturated rings. The molecule has 0 aromatic carbocycles. The number of pyridine rings is 1. The molecule has 102 valence electrons.